The first-order valence-corrected chi connectivity index (χ1v) is 16.0. The van der Waals surface area contributed by atoms with Crippen LogP contribution in [0.15, 0.2) is 24.3 Å². The van der Waals surface area contributed by atoms with Crippen LogP contribution in [0.25, 0.3) is 0 Å². The third-order valence-electron chi connectivity index (χ3n) is 8.26. The summed E-state index contributed by atoms with van der Waals surface area (Å²) in [5.74, 6) is 0.515. The number of hydrogen-bond donors (Lipinski definition) is 9. The molecule has 0 spiro atoms. The van der Waals surface area contributed by atoms with Gasteiger partial charge in [0.15, 0.2) is 0 Å². The molecule has 1 aliphatic heterocycles. The fourth-order valence-electron chi connectivity index (χ4n) is 5.78. The van der Waals surface area contributed by atoms with Crippen LogP contribution in [0.4, 0.5) is 0 Å². The molecule has 0 saturated carbocycles. The largest absolute Gasteiger partial charge is 0.507 e. The average Bonchev–Trinajstić information content (AvgIpc) is 3.00. The highest BCUT2D eigenvalue weighted by Gasteiger charge is 2.18. The van der Waals surface area contributed by atoms with Crippen LogP contribution in [0.5, 0.6) is 11.5 Å². The Morgan fingerprint density at radius 3 is 1.36 bits per heavy atom. The molecule has 0 radical (unpaired) electrons. The van der Waals surface area contributed by atoms with Gasteiger partial charge in [0.1, 0.15) is 11.5 Å². The molecule has 1 heterocycles. The molecule has 0 aromatic heterocycles. The number of aliphatic hydroxyl groups is 4. The van der Waals surface area contributed by atoms with Gasteiger partial charge in [-0.15, -0.1) is 0 Å². The second kappa shape index (κ2) is 19.3. The van der Waals surface area contributed by atoms with Gasteiger partial charge in [-0.05, 0) is 72.4 Å². The van der Waals surface area contributed by atoms with Crippen molar-refractivity contribution in [3.8, 4) is 11.5 Å². The minimum atomic E-state index is -0.432. The second-order valence-electron chi connectivity index (χ2n) is 12.1. The molecule has 44 heavy (non-hydrogen) atoms. The minimum Gasteiger partial charge on any atom is -0.507 e. The van der Waals surface area contributed by atoms with Gasteiger partial charge in [-0.2, -0.15) is 0 Å². The monoisotopic (exact) mass is 617 g/mol. The summed E-state index contributed by atoms with van der Waals surface area (Å²) in [6.45, 7) is 10.7. The van der Waals surface area contributed by atoms with Gasteiger partial charge in [0.2, 0.25) is 0 Å². The van der Waals surface area contributed by atoms with Crippen molar-refractivity contribution in [3.05, 3.63) is 57.6 Å². The van der Waals surface area contributed by atoms with Gasteiger partial charge in [-0.1, -0.05) is 35.4 Å². The molecule has 0 atom stereocenters. The number of hydrogen-bond acceptors (Lipinski definition) is 11. The Kier molecular flexibility index (Phi) is 15.8. The number of nitrogens with zero attached hydrogens (tertiary/aromatic N) is 2. The molecule has 1 fully saturated rings. The van der Waals surface area contributed by atoms with E-state index in [0.29, 0.717) is 26.2 Å². The van der Waals surface area contributed by atoms with E-state index in [1.807, 2.05) is 38.1 Å². The zero-order valence-corrected chi connectivity index (χ0v) is 26.6. The van der Waals surface area contributed by atoms with Gasteiger partial charge in [0, 0.05) is 48.4 Å². The van der Waals surface area contributed by atoms with Gasteiger partial charge in [-0.3, -0.25) is 9.80 Å². The molecule has 0 bridgehead atoms. The summed E-state index contributed by atoms with van der Waals surface area (Å²) in [5.41, 5.74) is 5.36. The normalized spacial score (nSPS) is 16.4. The molecule has 11 nitrogen and oxygen atoms in total. The Morgan fingerprint density at radius 2 is 0.977 bits per heavy atom. The van der Waals surface area contributed by atoms with Gasteiger partial charge < -0.3 is 46.6 Å². The first-order chi connectivity index (χ1) is 21.3. The molecular weight excluding hydrogens is 562 g/mol. The fraction of sp³-hybridized carbons (Fsp3) is 0.636. The van der Waals surface area contributed by atoms with Crippen LogP contribution < -0.4 is 16.0 Å². The predicted molar refractivity (Wildman–Crippen MR) is 173 cm³/mol. The van der Waals surface area contributed by atoms with E-state index in [1.54, 1.807) is 0 Å². The van der Waals surface area contributed by atoms with Crippen LogP contribution in [0, 0.1) is 13.8 Å². The van der Waals surface area contributed by atoms with Crippen LogP contribution in [0.1, 0.15) is 52.6 Å². The van der Waals surface area contributed by atoms with E-state index >= 15 is 0 Å². The maximum Gasteiger partial charge on any atom is 0.124 e. The molecule has 0 amide bonds. The highest BCUT2D eigenvalue weighted by Crippen LogP contribution is 2.28. The molecule has 0 unspecified atom stereocenters. The minimum absolute atomic E-state index is 0.174. The topological polar surface area (TPSA) is 164 Å². The van der Waals surface area contributed by atoms with E-state index < -0.39 is 12.1 Å². The van der Waals surface area contributed by atoms with Crippen molar-refractivity contribution >= 4 is 0 Å². The first kappa shape index (κ1) is 36.2. The lowest BCUT2D eigenvalue weighted by Gasteiger charge is -2.28. The molecule has 3 rings (SSSR count). The first-order valence-electron chi connectivity index (χ1n) is 16.0. The van der Waals surface area contributed by atoms with E-state index in [1.165, 1.54) is 0 Å². The lowest BCUT2D eigenvalue weighted by molar-refractivity contribution is 0.169. The number of aliphatic hydroxyl groups excluding tert-OH is 4. The average molecular weight is 618 g/mol. The van der Waals surface area contributed by atoms with Crippen molar-refractivity contribution < 1.29 is 30.6 Å². The van der Waals surface area contributed by atoms with Crippen molar-refractivity contribution in [3.63, 3.8) is 0 Å². The van der Waals surface area contributed by atoms with Crippen LogP contribution in [-0.2, 0) is 26.2 Å². The molecule has 248 valence electrons. The van der Waals surface area contributed by atoms with Crippen molar-refractivity contribution in [2.24, 2.45) is 0 Å². The highest BCUT2D eigenvalue weighted by atomic mass is 16.3. The van der Waals surface area contributed by atoms with Crippen molar-refractivity contribution in [2.45, 2.75) is 71.4 Å². The number of aryl methyl sites for hydroxylation is 2. The Bertz CT molecular complexity index is 1040. The molecule has 2 aromatic carbocycles. The molecule has 0 aliphatic carbocycles. The summed E-state index contributed by atoms with van der Waals surface area (Å²) in [6.07, 6.45) is 2.97. The van der Waals surface area contributed by atoms with Crippen LogP contribution in [0.2, 0.25) is 0 Å². The van der Waals surface area contributed by atoms with E-state index in [-0.39, 0.29) is 37.9 Å². The van der Waals surface area contributed by atoms with E-state index in [2.05, 4.69) is 25.8 Å². The maximum atomic E-state index is 11.1. The number of aromatic hydroxyl groups is 2. The predicted octanol–water partition coefficient (Wildman–Crippen LogP) is 0.678. The van der Waals surface area contributed by atoms with Gasteiger partial charge in [0.25, 0.3) is 0 Å². The number of benzene rings is 2. The molecule has 11 heteroatoms. The van der Waals surface area contributed by atoms with Crippen LogP contribution >= 0.6 is 0 Å². The Labute approximate surface area is 262 Å². The Morgan fingerprint density at radius 1 is 0.614 bits per heavy atom. The van der Waals surface area contributed by atoms with E-state index in [9.17, 15) is 30.6 Å². The number of phenols is 2. The quantitative estimate of drug-likeness (QED) is 0.146. The summed E-state index contributed by atoms with van der Waals surface area (Å²) >= 11 is 0. The molecule has 9 N–H and O–H groups in total. The van der Waals surface area contributed by atoms with Crippen molar-refractivity contribution in [1.82, 2.24) is 25.8 Å². The SMILES string of the molecule is Cc1cc(CNC(CO)CO)c(O)c(CN2CCCNCCCN(Cc3cc(C)cc(CNC(CO)CO)c3O)CCC2)c1. The van der Waals surface area contributed by atoms with Crippen LogP contribution in [0.3, 0.4) is 0 Å². The molecule has 1 saturated heterocycles. The smallest absolute Gasteiger partial charge is 0.124 e. The van der Waals surface area contributed by atoms with Gasteiger partial charge in [-0.25, -0.2) is 0 Å². The van der Waals surface area contributed by atoms with E-state index in [4.69, 9.17) is 0 Å². The highest BCUT2D eigenvalue weighted by molar-refractivity contribution is 5.44. The standard InChI is InChI=1S/C33H55N5O6/c1-24-12-26(16-35-30(20-39)21-40)32(43)28(14-24)18-37-8-3-6-34-7-4-9-38(11-5-10-37)19-29-15-25(2)13-27(33(29)44)17-36-31(22-41)23-42/h12-15,30-31,34-36,39-44H,3-11,16-23H2,1-2H3. The zero-order valence-electron chi connectivity index (χ0n) is 26.6. The Balaban J connectivity index is 1.68. The number of nitrogens with one attached hydrogen (secondary N) is 3. The third-order valence-corrected chi connectivity index (χ3v) is 8.26. The summed E-state index contributed by atoms with van der Waals surface area (Å²) in [7, 11) is 0. The maximum absolute atomic E-state index is 11.1. The Hall–Kier alpha value is -2.32. The summed E-state index contributed by atoms with van der Waals surface area (Å²) in [4.78, 5) is 4.79. The zero-order chi connectivity index (χ0) is 31.9. The lowest BCUT2D eigenvalue weighted by atomic mass is 10.0. The van der Waals surface area contributed by atoms with Crippen molar-refractivity contribution in [2.75, 3.05) is 65.7 Å². The second-order valence-corrected chi connectivity index (χ2v) is 12.1. The van der Waals surface area contributed by atoms with E-state index in [0.717, 1.165) is 91.9 Å². The molecular formula is C33H55N5O6. The molecule has 2 aromatic rings. The molecule has 1 aliphatic rings. The number of phenolic OH excluding ortho intramolecular Hbond substituents is 2. The summed E-state index contributed by atoms with van der Waals surface area (Å²) < 4.78 is 0. The van der Waals surface area contributed by atoms with Crippen LogP contribution in [-0.4, -0.2) is 118 Å². The third kappa shape index (κ3) is 11.6. The fourth-order valence-corrected chi connectivity index (χ4v) is 5.78. The summed E-state index contributed by atoms with van der Waals surface area (Å²) in [5, 5.41) is 69.6. The van der Waals surface area contributed by atoms with Gasteiger partial charge >= 0.3 is 0 Å². The summed E-state index contributed by atoms with van der Waals surface area (Å²) in [6, 6.07) is 7.08. The van der Waals surface area contributed by atoms with Crippen molar-refractivity contribution in [1.29, 1.82) is 0 Å². The number of rotatable bonds is 14. The van der Waals surface area contributed by atoms with Gasteiger partial charge in [0.05, 0.1) is 38.5 Å². The lowest BCUT2D eigenvalue weighted by Crippen LogP contribution is -2.35.